The van der Waals surface area contributed by atoms with Crippen molar-refractivity contribution in [1.82, 2.24) is 15.5 Å². The Morgan fingerprint density at radius 2 is 2.00 bits per heavy atom. The van der Waals surface area contributed by atoms with Gasteiger partial charge >= 0.3 is 6.18 Å². The Labute approximate surface area is 114 Å². The minimum Gasteiger partial charge on any atom is -0.347 e. The lowest BCUT2D eigenvalue weighted by atomic mass is 9.98. The van der Waals surface area contributed by atoms with Gasteiger partial charge in [0.1, 0.15) is 0 Å². The molecule has 0 amide bonds. The van der Waals surface area contributed by atoms with E-state index in [1.807, 2.05) is 11.8 Å². The van der Waals surface area contributed by atoms with Crippen molar-refractivity contribution in [3.63, 3.8) is 0 Å². The van der Waals surface area contributed by atoms with E-state index in [1.54, 1.807) is 0 Å². The topological polar surface area (TPSA) is 41.0 Å². The monoisotopic (exact) mass is 294 g/mol. The summed E-state index contributed by atoms with van der Waals surface area (Å²) in [5.41, 5.74) is 0. The standard InChI is InChI=1S/C11H17F3N4S/c1-2-18(7-8-3-5-15-6-4-8)10-17-16-9(19-10)11(12,13)14/h8,15H,2-7H2,1H3. The summed E-state index contributed by atoms with van der Waals surface area (Å²) in [5, 5.41) is 9.69. The van der Waals surface area contributed by atoms with E-state index in [-0.39, 0.29) is 0 Å². The number of nitrogens with zero attached hydrogens (tertiary/aromatic N) is 3. The quantitative estimate of drug-likeness (QED) is 0.925. The fourth-order valence-corrected chi connectivity index (χ4v) is 2.96. The molecule has 0 atom stereocenters. The van der Waals surface area contributed by atoms with E-state index in [1.165, 1.54) is 0 Å². The number of hydrogen-bond donors (Lipinski definition) is 1. The van der Waals surface area contributed by atoms with Crippen molar-refractivity contribution in [1.29, 1.82) is 0 Å². The van der Waals surface area contributed by atoms with Crippen molar-refractivity contribution in [2.24, 2.45) is 5.92 Å². The van der Waals surface area contributed by atoms with Gasteiger partial charge in [-0.15, -0.1) is 10.2 Å². The molecule has 1 aromatic heterocycles. The van der Waals surface area contributed by atoms with Crippen molar-refractivity contribution >= 4 is 16.5 Å². The zero-order chi connectivity index (χ0) is 13.9. The minimum absolute atomic E-state index is 0.369. The molecule has 0 bridgehead atoms. The molecule has 4 nitrogen and oxygen atoms in total. The zero-order valence-corrected chi connectivity index (χ0v) is 11.5. The number of hydrogen-bond acceptors (Lipinski definition) is 5. The van der Waals surface area contributed by atoms with Gasteiger partial charge in [-0.2, -0.15) is 13.2 Å². The number of anilines is 1. The lowest BCUT2D eigenvalue weighted by Gasteiger charge is -2.28. The third-order valence-corrected chi connectivity index (χ3v) is 4.28. The van der Waals surface area contributed by atoms with Gasteiger partial charge in [-0.1, -0.05) is 11.3 Å². The summed E-state index contributed by atoms with van der Waals surface area (Å²) in [6, 6.07) is 0. The first kappa shape index (κ1) is 14.5. The Hall–Kier alpha value is -0.890. The molecule has 2 rings (SSSR count). The lowest BCUT2D eigenvalue weighted by molar-refractivity contribution is -0.138. The largest absolute Gasteiger partial charge is 0.445 e. The molecular weight excluding hydrogens is 277 g/mol. The molecule has 0 saturated carbocycles. The van der Waals surface area contributed by atoms with Gasteiger partial charge in [0.25, 0.3) is 0 Å². The molecular formula is C11H17F3N4S. The van der Waals surface area contributed by atoms with Crippen LogP contribution < -0.4 is 10.2 Å². The summed E-state index contributed by atoms with van der Waals surface area (Å²) >= 11 is 0.624. The fraction of sp³-hybridized carbons (Fsp3) is 0.818. The normalized spacial score (nSPS) is 17.7. The Kier molecular flexibility index (Phi) is 4.62. The predicted molar refractivity (Wildman–Crippen MR) is 68.4 cm³/mol. The predicted octanol–water partition coefficient (Wildman–Crippen LogP) is 2.38. The number of alkyl halides is 3. The third-order valence-electron chi connectivity index (χ3n) is 3.25. The highest BCUT2D eigenvalue weighted by Crippen LogP contribution is 2.34. The Morgan fingerprint density at radius 3 is 2.53 bits per heavy atom. The molecule has 0 unspecified atom stereocenters. The van der Waals surface area contributed by atoms with E-state index in [9.17, 15) is 13.2 Å². The number of halogens is 3. The maximum Gasteiger partial charge on any atom is 0.445 e. The average Bonchev–Trinajstić information content (AvgIpc) is 2.86. The number of piperidine rings is 1. The van der Waals surface area contributed by atoms with Gasteiger partial charge in [-0.3, -0.25) is 0 Å². The molecule has 108 valence electrons. The van der Waals surface area contributed by atoms with E-state index >= 15 is 0 Å². The van der Waals surface area contributed by atoms with Crippen LogP contribution in [-0.4, -0.2) is 36.4 Å². The van der Waals surface area contributed by atoms with Gasteiger partial charge in [0.2, 0.25) is 10.1 Å². The smallest absolute Gasteiger partial charge is 0.347 e. The first-order valence-corrected chi connectivity index (χ1v) is 7.18. The summed E-state index contributed by atoms with van der Waals surface area (Å²) in [7, 11) is 0. The van der Waals surface area contributed by atoms with Crippen LogP contribution in [0.5, 0.6) is 0 Å². The molecule has 0 spiro atoms. The van der Waals surface area contributed by atoms with Crippen LogP contribution >= 0.6 is 11.3 Å². The van der Waals surface area contributed by atoms with E-state index in [0.29, 0.717) is 28.9 Å². The summed E-state index contributed by atoms with van der Waals surface area (Å²) in [6.07, 6.45) is -2.28. The summed E-state index contributed by atoms with van der Waals surface area (Å²) in [6.45, 7) is 5.29. The molecule has 0 aliphatic carbocycles. The molecule has 1 N–H and O–H groups in total. The van der Waals surface area contributed by atoms with Crippen LogP contribution in [0.25, 0.3) is 0 Å². The number of aromatic nitrogens is 2. The Bertz CT molecular complexity index is 401. The second kappa shape index (κ2) is 6.04. The highest BCUT2D eigenvalue weighted by Gasteiger charge is 2.36. The third kappa shape index (κ3) is 3.79. The van der Waals surface area contributed by atoms with Gasteiger partial charge in [-0.05, 0) is 38.8 Å². The van der Waals surface area contributed by atoms with Crippen LogP contribution in [-0.2, 0) is 6.18 Å². The van der Waals surface area contributed by atoms with Gasteiger partial charge in [0, 0.05) is 13.1 Å². The summed E-state index contributed by atoms with van der Waals surface area (Å²) in [4.78, 5) is 1.89. The minimum atomic E-state index is -4.40. The van der Waals surface area contributed by atoms with Gasteiger partial charge in [0.05, 0.1) is 0 Å². The van der Waals surface area contributed by atoms with Crippen LogP contribution in [0.15, 0.2) is 0 Å². The maximum absolute atomic E-state index is 12.5. The molecule has 2 heterocycles. The number of nitrogens with one attached hydrogen (secondary N) is 1. The van der Waals surface area contributed by atoms with Crippen molar-refractivity contribution in [3.05, 3.63) is 5.01 Å². The highest BCUT2D eigenvalue weighted by atomic mass is 32.1. The summed E-state index contributed by atoms with van der Waals surface area (Å²) in [5.74, 6) is 0.513. The van der Waals surface area contributed by atoms with E-state index in [2.05, 4.69) is 15.5 Å². The van der Waals surface area contributed by atoms with E-state index in [0.717, 1.165) is 32.5 Å². The zero-order valence-electron chi connectivity index (χ0n) is 10.7. The second-order valence-electron chi connectivity index (χ2n) is 4.62. The maximum atomic E-state index is 12.5. The van der Waals surface area contributed by atoms with Gasteiger partial charge in [-0.25, -0.2) is 0 Å². The van der Waals surface area contributed by atoms with Crippen LogP contribution in [0.2, 0.25) is 0 Å². The van der Waals surface area contributed by atoms with Gasteiger partial charge < -0.3 is 10.2 Å². The van der Waals surface area contributed by atoms with E-state index < -0.39 is 11.2 Å². The fourth-order valence-electron chi connectivity index (χ4n) is 2.18. The molecule has 0 radical (unpaired) electrons. The van der Waals surface area contributed by atoms with Crippen LogP contribution in [0.1, 0.15) is 24.8 Å². The highest BCUT2D eigenvalue weighted by molar-refractivity contribution is 7.15. The molecule has 1 fully saturated rings. The Balaban J connectivity index is 2.02. The van der Waals surface area contributed by atoms with E-state index in [4.69, 9.17) is 0 Å². The molecule has 19 heavy (non-hydrogen) atoms. The first-order valence-electron chi connectivity index (χ1n) is 6.37. The molecule has 8 heteroatoms. The Morgan fingerprint density at radius 1 is 1.32 bits per heavy atom. The molecule has 1 aliphatic rings. The van der Waals surface area contributed by atoms with Crippen molar-refractivity contribution in [2.45, 2.75) is 25.9 Å². The number of rotatable bonds is 4. The van der Waals surface area contributed by atoms with Crippen molar-refractivity contribution in [3.8, 4) is 0 Å². The van der Waals surface area contributed by atoms with Crippen molar-refractivity contribution in [2.75, 3.05) is 31.1 Å². The van der Waals surface area contributed by atoms with Gasteiger partial charge in [0.15, 0.2) is 0 Å². The van der Waals surface area contributed by atoms with Crippen LogP contribution in [0, 0.1) is 5.92 Å². The van der Waals surface area contributed by atoms with Crippen molar-refractivity contribution < 1.29 is 13.2 Å². The molecule has 1 aromatic rings. The average molecular weight is 294 g/mol. The SMILES string of the molecule is CCN(CC1CCNCC1)c1nnc(C(F)(F)F)s1. The summed E-state index contributed by atoms with van der Waals surface area (Å²) < 4.78 is 37.5. The second-order valence-corrected chi connectivity index (χ2v) is 5.58. The molecule has 1 aliphatic heterocycles. The first-order chi connectivity index (χ1) is 9.00. The molecule has 1 saturated heterocycles. The van der Waals surface area contributed by atoms with Crippen LogP contribution in [0.4, 0.5) is 18.3 Å². The van der Waals surface area contributed by atoms with Crippen LogP contribution in [0.3, 0.4) is 0 Å². The lowest BCUT2D eigenvalue weighted by Crippen LogP contribution is -2.36. The molecule has 0 aromatic carbocycles.